The van der Waals surface area contributed by atoms with Gasteiger partial charge >= 0.3 is 0 Å². The van der Waals surface area contributed by atoms with Gasteiger partial charge in [0.25, 0.3) is 5.56 Å². The van der Waals surface area contributed by atoms with Crippen LogP contribution in [0.2, 0.25) is 0 Å². The van der Waals surface area contributed by atoms with E-state index in [4.69, 9.17) is 9.40 Å². The number of fused-ring (bicyclic) bond motifs is 2. The number of hydrogen-bond donors (Lipinski definition) is 0. The summed E-state index contributed by atoms with van der Waals surface area (Å²) in [5.74, 6) is 0.834. The molecule has 0 atom stereocenters. The molecule has 6 heteroatoms. The van der Waals surface area contributed by atoms with Gasteiger partial charge in [-0.05, 0) is 73.5 Å². The monoisotopic (exact) mass is 458 g/mol. The van der Waals surface area contributed by atoms with Crippen LogP contribution in [-0.4, -0.2) is 20.4 Å². The summed E-state index contributed by atoms with van der Waals surface area (Å²) in [7, 11) is 0. The predicted octanol–water partition coefficient (Wildman–Crippen LogP) is 6.10. The molecule has 0 spiro atoms. The van der Waals surface area contributed by atoms with E-state index < -0.39 is 0 Å². The Labute approximate surface area is 201 Å². The molecule has 3 heterocycles. The molecule has 3 aromatic carbocycles. The second-order valence-electron chi connectivity index (χ2n) is 8.53. The Hall–Kier alpha value is -4.71. The van der Waals surface area contributed by atoms with Crippen LogP contribution >= 0.6 is 0 Å². The third-order valence-corrected chi connectivity index (χ3v) is 6.25. The average molecular weight is 459 g/mol. The molecular weight excluding hydrogens is 436 g/mol. The summed E-state index contributed by atoms with van der Waals surface area (Å²) in [5.41, 5.74) is 5.38. The zero-order valence-corrected chi connectivity index (χ0v) is 19.3. The number of aromatic nitrogens is 3. The van der Waals surface area contributed by atoms with Crippen LogP contribution in [0.15, 0.2) is 105 Å². The summed E-state index contributed by atoms with van der Waals surface area (Å²) in [5, 5.41) is 6.04. The third-order valence-electron chi connectivity index (χ3n) is 6.25. The minimum absolute atomic E-state index is 0.258. The van der Waals surface area contributed by atoms with Crippen LogP contribution in [0, 0.1) is 13.8 Å². The van der Waals surface area contributed by atoms with Crippen LogP contribution in [0.25, 0.3) is 39.1 Å². The van der Waals surface area contributed by atoms with Crippen molar-refractivity contribution < 1.29 is 4.42 Å². The Bertz CT molecular complexity index is 1770. The lowest BCUT2D eigenvalue weighted by molar-refractivity contribution is 0.616. The van der Waals surface area contributed by atoms with E-state index in [0.29, 0.717) is 22.5 Å². The van der Waals surface area contributed by atoms with Crippen molar-refractivity contribution in [1.29, 1.82) is 0 Å². The van der Waals surface area contributed by atoms with Crippen molar-refractivity contribution in [1.82, 2.24) is 14.2 Å². The second kappa shape index (κ2) is 8.25. The molecule has 0 saturated carbocycles. The van der Waals surface area contributed by atoms with Crippen LogP contribution < -0.4 is 5.56 Å². The first-order valence-corrected chi connectivity index (χ1v) is 11.4. The van der Waals surface area contributed by atoms with Crippen LogP contribution in [0.3, 0.4) is 0 Å². The molecule has 0 amide bonds. The van der Waals surface area contributed by atoms with Gasteiger partial charge in [-0.15, -0.1) is 0 Å². The van der Waals surface area contributed by atoms with Gasteiger partial charge in [0, 0.05) is 17.3 Å². The van der Waals surface area contributed by atoms with E-state index in [9.17, 15) is 4.79 Å². The largest absolute Gasteiger partial charge is 0.453 e. The fourth-order valence-electron chi connectivity index (χ4n) is 4.21. The number of benzene rings is 3. The van der Waals surface area contributed by atoms with Crippen molar-refractivity contribution in [2.75, 3.05) is 0 Å². The molecule has 0 saturated heterocycles. The fraction of sp³-hybridized carbons (Fsp3) is 0.0690. The lowest BCUT2D eigenvalue weighted by Crippen LogP contribution is -2.20. The zero-order valence-electron chi connectivity index (χ0n) is 19.3. The van der Waals surface area contributed by atoms with Crippen molar-refractivity contribution >= 4 is 28.1 Å². The molecule has 6 nitrogen and oxygen atoms in total. The normalized spacial score (nSPS) is 11.7. The zero-order chi connectivity index (χ0) is 23.9. The van der Waals surface area contributed by atoms with Crippen molar-refractivity contribution in [3.63, 3.8) is 0 Å². The van der Waals surface area contributed by atoms with Crippen LogP contribution in [0.5, 0.6) is 0 Å². The number of hydrogen-bond acceptors (Lipinski definition) is 4. The van der Waals surface area contributed by atoms with Gasteiger partial charge < -0.3 is 8.98 Å². The highest BCUT2D eigenvalue weighted by atomic mass is 16.3. The minimum Gasteiger partial charge on any atom is -0.453 e. The van der Waals surface area contributed by atoms with Crippen molar-refractivity contribution in [2.24, 2.45) is 5.10 Å². The fourth-order valence-corrected chi connectivity index (χ4v) is 4.21. The molecular formula is C29H22N4O2. The summed E-state index contributed by atoms with van der Waals surface area (Å²) in [6.07, 6.45) is 3.66. The molecule has 0 fully saturated rings. The van der Waals surface area contributed by atoms with E-state index >= 15 is 0 Å². The number of para-hydroxylation sites is 2. The van der Waals surface area contributed by atoms with Gasteiger partial charge in [-0.1, -0.05) is 36.4 Å². The van der Waals surface area contributed by atoms with Crippen LogP contribution in [0.4, 0.5) is 0 Å². The van der Waals surface area contributed by atoms with Crippen molar-refractivity contribution in [3.8, 4) is 17.3 Å². The summed E-state index contributed by atoms with van der Waals surface area (Å²) in [6.45, 7) is 4.19. The van der Waals surface area contributed by atoms with Gasteiger partial charge in [-0.25, -0.2) is 4.98 Å². The molecule has 6 rings (SSSR count). The summed E-state index contributed by atoms with van der Waals surface area (Å²) in [6, 6.07) is 27.1. The maximum absolute atomic E-state index is 13.5. The number of furan rings is 1. The Kier molecular flexibility index (Phi) is 4.92. The lowest BCUT2D eigenvalue weighted by Gasteiger charge is -2.10. The Morgan fingerprint density at radius 2 is 1.71 bits per heavy atom. The highest BCUT2D eigenvalue weighted by Crippen LogP contribution is 2.27. The molecule has 0 unspecified atom stereocenters. The SMILES string of the molecule is Cc1ccc(-n2cccc2C=Nn2c(-c3cc4ccccc4o3)nc3ccccc3c2=O)cc1C. The highest BCUT2D eigenvalue weighted by molar-refractivity contribution is 5.84. The number of aryl methyl sites for hydroxylation is 2. The van der Waals surface area contributed by atoms with Crippen LogP contribution in [-0.2, 0) is 0 Å². The van der Waals surface area contributed by atoms with Crippen molar-refractivity contribution in [3.05, 3.63) is 118 Å². The van der Waals surface area contributed by atoms with E-state index in [0.717, 1.165) is 22.4 Å². The van der Waals surface area contributed by atoms with Gasteiger partial charge in [0.1, 0.15) is 5.58 Å². The summed E-state index contributed by atoms with van der Waals surface area (Å²) < 4.78 is 9.41. The molecule has 0 aliphatic heterocycles. The molecule has 0 bridgehead atoms. The van der Waals surface area contributed by atoms with Crippen molar-refractivity contribution in [2.45, 2.75) is 13.8 Å². The minimum atomic E-state index is -0.258. The Morgan fingerprint density at radius 1 is 0.886 bits per heavy atom. The molecule has 0 radical (unpaired) electrons. The molecule has 0 aliphatic carbocycles. The maximum Gasteiger partial charge on any atom is 0.282 e. The molecule has 170 valence electrons. The number of nitrogens with zero attached hydrogens (tertiary/aromatic N) is 4. The predicted molar refractivity (Wildman–Crippen MR) is 139 cm³/mol. The topological polar surface area (TPSA) is 65.3 Å². The third kappa shape index (κ3) is 3.65. The van der Waals surface area contributed by atoms with Gasteiger partial charge in [0.2, 0.25) is 5.82 Å². The van der Waals surface area contributed by atoms with Gasteiger partial charge in [0.15, 0.2) is 5.76 Å². The molecule has 0 aliphatic rings. The highest BCUT2D eigenvalue weighted by Gasteiger charge is 2.16. The quantitative estimate of drug-likeness (QED) is 0.300. The molecule has 0 N–H and O–H groups in total. The van der Waals surface area contributed by atoms with Gasteiger partial charge in [-0.3, -0.25) is 4.79 Å². The molecule has 6 aromatic rings. The van der Waals surface area contributed by atoms with E-state index in [1.165, 1.54) is 15.8 Å². The Balaban J connectivity index is 1.52. The van der Waals surface area contributed by atoms with E-state index in [1.54, 1.807) is 12.3 Å². The first kappa shape index (κ1) is 20.9. The average Bonchev–Trinajstić information content (AvgIpc) is 3.52. The van der Waals surface area contributed by atoms with Crippen LogP contribution in [0.1, 0.15) is 16.8 Å². The van der Waals surface area contributed by atoms with E-state index in [2.05, 4.69) is 37.1 Å². The summed E-state index contributed by atoms with van der Waals surface area (Å²) >= 11 is 0. The molecule has 3 aromatic heterocycles. The summed E-state index contributed by atoms with van der Waals surface area (Å²) in [4.78, 5) is 18.2. The van der Waals surface area contributed by atoms with E-state index in [1.807, 2.05) is 71.4 Å². The number of rotatable bonds is 4. The van der Waals surface area contributed by atoms with Gasteiger partial charge in [-0.2, -0.15) is 9.78 Å². The standard InChI is InChI=1S/C29H22N4O2/c1-19-13-14-22(16-20(19)2)32-15-7-9-23(32)18-30-33-28(27-17-21-8-3-6-12-26(21)35-27)31-25-11-5-4-10-24(25)29(33)34/h3-18H,1-2H3. The molecule has 35 heavy (non-hydrogen) atoms. The smallest absolute Gasteiger partial charge is 0.282 e. The Morgan fingerprint density at radius 3 is 2.57 bits per heavy atom. The maximum atomic E-state index is 13.5. The van der Waals surface area contributed by atoms with Gasteiger partial charge in [0.05, 0.1) is 22.8 Å². The first-order valence-electron chi connectivity index (χ1n) is 11.4. The first-order chi connectivity index (χ1) is 17.1. The lowest BCUT2D eigenvalue weighted by atomic mass is 10.1. The van der Waals surface area contributed by atoms with E-state index in [-0.39, 0.29) is 5.56 Å². The second-order valence-corrected chi connectivity index (χ2v) is 8.53.